The smallest absolute Gasteiger partial charge is 0.264 e. The van der Waals surface area contributed by atoms with Gasteiger partial charge in [0, 0.05) is 42.8 Å². The first-order chi connectivity index (χ1) is 15.9. The van der Waals surface area contributed by atoms with E-state index in [-0.39, 0.29) is 17.7 Å². The molecule has 4 rings (SSSR count). The first-order valence-corrected chi connectivity index (χ1v) is 11.9. The van der Waals surface area contributed by atoms with Gasteiger partial charge in [-0.15, -0.1) is 0 Å². The monoisotopic (exact) mass is 469 g/mol. The van der Waals surface area contributed by atoms with Crippen molar-refractivity contribution in [3.05, 3.63) is 84.2 Å². The molecule has 0 saturated carbocycles. The maximum atomic E-state index is 13.8. The molecule has 9 heteroatoms. The lowest BCUT2D eigenvalue weighted by molar-refractivity contribution is 0.102. The van der Waals surface area contributed by atoms with Crippen LogP contribution >= 0.6 is 0 Å². The lowest BCUT2D eigenvalue weighted by Crippen LogP contribution is -2.22. The average molecular weight is 470 g/mol. The standard InChI is InChI=1S/C24H24FN3O4S/c1-32-21-14-15-28(16-21)20-12-10-18(11-13-20)26-24(29)17-6-8-19(9-7-17)27-33(30,31)23-5-3-2-4-22(23)25/h2-13,21,27H,14-16H2,1H3,(H,26,29). The number of rotatable bonds is 7. The second kappa shape index (κ2) is 9.60. The quantitative estimate of drug-likeness (QED) is 0.544. The van der Waals surface area contributed by atoms with E-state index in [9.17, 15) is 17.6 Å². The van der Waals surface area contributed by atoms with E-state index >= 15 is 0 Å². The van der Waals surface area contributed by atoms with Crippen LogP contribution in [-0.4, -0.2) is 40.6 Å². The molecule has 0 aliphatic carbocycles. The molecule has 1 saturated heterocycles. The minimum atomic E-state index is -4.08. The minimum absolute atomic E-state index is 0.221. The number of halogens is 1. The van der Waals surface area contributed by atoms with E-state index < -0.39 is 20.7 Å². The normalized spacial score (nSPS) is 15.9. The van der Waals surface area contributed by atoms with Crippen molar-refractivity contribution in [2.24, 2.45) is 0 Å². The van der Waals surface area contributed by atoms with Gasteiger partial charge >= 0.3 is 0 Å². The van der Waals surface area contributed by atoms with Crippen molar-refractivity contribution in [1.29, 1.82) is 0 Å². The molecule has 3 aromatic carbocycles. The Bertz CT molecular complexity index is 1230. The summed E-state index contributed by atoms with van der Waals surface area (Å²) in [6.45, 7) is 1.77. The fourth-order valence-corrected chi connectivity index (χ4v) is 4.82. The van der Waals surface area contributed by atoms with Gasteiger partial charge in [-0.3, -0.25) is 9.52 Å². The fourth-order valence-electron chi connectivity index (χ4n) is 3.68. The van der Waals surface area contributed by atoms with Crippen LogP contribution < -0.4 is 14.9 Å². The third-order valence-electron chi connectivity index (χ3n) is 5.49. The molecule has 1 amide bonds. The molecule has 1 aliphatic rings. The summed E-state index contributed by atoms with van der Waals surface area (Å²) in [6.07, 6.45) is 1.23. The van der Waals surface area contributed by atoms with E-state index in [0.29, 0.717) is 11.3 Å². The average Bonchev–Trinajstić information content (AvgIpc) is 3.29. The molecule has 2 N–H and O–H groups in total. The van der Waals surface area contributed by atoms with E-state index in [0.717, 1.165) is 31.3 Å². The van der Waals surface area contributed by atoms with Gasteiger partial charge in [0.2, 0.25) is 0 Å². The third-order valence-corrected chi connectivity index (χ3v) is 6.91. The number of hydrogen-bond donors (Lipinski definition) is 2. The van der Waals surface area contributed by atoms with Crippen molar-refractivity contribution in [1.82, 2.24) is 0 Å². The van der Waals surface area contributed by atoms with Gasteiger partial charge in [-0.2, -0.15) is 0 Å². The van der Waals surface area contributed by atoms with Gasteiger partial charge in [0.05, 0.1) is 6.10 Å². The van der Waals surface area contributed by atoms with Crippen LogP contribution in [0.15, 0.2) is 77.7 Å². The molecule has 1 aliphatic heterocycles. The summed E-state index contributed by atoms with van der Waals surface area (Å²) in [4.78, 5) is 14.4. The lowest BCUT2D eigenvalue weighted by Gasteiger charge is -2.18. The predicted molar refractivity (Wildman–Crippen MR) is 126 cm³/mol. The number of methoxy groups -OCH3 is 1. The molecular weight excluding hydrogens is 445 g/mol. The van der Waals surface area contributed by atoms with Crippen LogP contribution in [0.5, 0.6) is 0 Å². The Morgan fingerprint density at radius 2 is 1.67 bits per heavy atom. The second-order valence-corrected chi connectivity index (χ2v) is 9.36. The Labute approximate surface area is 192 Å². The van der Waals surface area contributed by atoms with Crippen LogP contribution in [0.25, 0.3) is 0 Å². The number of carbonyl (C=O) groups excluding carboxylic acids is 1. The summed E-state index contributed by atoms with van der Waals surface area (Å²) in [6, 6.07) is 18.6. The lowest BCUT2D eigenvalue weighted by atomic mass is 10.2. The highest BCUT2D eigenvalue weighted by molar-refractivity contribution is 7.92. The summed E-state index contributed by atoms with van der Waals surface area (Å²) in [5, 5.41) is 2.83. The van der Waals surface area contributed by atoms with Crippen molar-refractivity contribution in [3.8, 4) is 0 Å². The molecule has 3 aromatic rings. The largest absolute Gasteiger partial charge is 0.380 e. The number of sulfonamides is 1. The highest BCUT2D eigenvalue weighted by Crippen LogP contribution is 2.24. The first-order valence-electron chi connectivity index (χ1n) is 10.4. The number of nitrogens with one attached hydrogen (secondary N) is 2. The molecule has 1 fully saturated rings. The molecule has 172 valence electrons. The Balaban J connectivity index is 1.38. The third kappa shape index (κ3) is 5.32. The molecule has 1 heterocycles. The summed E-state index contributed by atoms with van der Waals surface area (Å²) < 4.78 is 46.3. The van der Waals surface area contributed by atoms with E-state index in [1.165, 1.54) is 42.5 Å². The topological polar surface area (TPSA) is 87.7 Å². The number of ether oxygens (including phenoxy) is 1. The van der Waals surface area contributed by atoms with Crippen molar-refractivity contribution in [3.63, 3.8) is 0 Å². The Morgan fingerprint density at radius 3 is 2.30 bits per heavy atom. The van der Waals surface area contributed by atoms with Crippen molar-refractivity contribution in [2.75, 3.05) is 35.1 Å². The van der Waals surface area contributed by atoms with E-state index in [1.807, 2.05) is 24.3 Å². The highest BCUT2D eigenvalue weighted by Gasteiger charge is 2.22. The number of benzene rings is 3. The minimum Gasteiger partial charge on any atom is -0.380 e. The van der Waals surface area contributed by atoms with Gasteiger partial charge in [0.1, 0.15) is 10.7 Å². The molecule has 1 unspecified atom stereocenters. The van der Waals surface area contributed by atoms with Crippen LogP contribution in [0.2, 0.25) is 0 Å². The Morgan fingerprint density at radius 1 is 1.00 bits per heavy atom. The molecule has 0 bridgehead atoms. The van der Waals surface area contributed by atoms with Gasteiger partial charge in [-0.25, -0.2) is 12.8 Å². The summed E-state index contributed by atoms with van der Waals surface area (Å²) in [5.74, 6) is -1.16. The zero-order chi connectivity index (χ0) is 23.4. The molecule has 0 aromatic heterocycles. The van der Waals surface area contributed by atoms with Gasteiger partial charge in [-0.05, 0) is 67.1 Å². The molecule has 0 radical (unpaired) electrons. The van der Waals surface area contributed by atoms with Gasteiger partial charge < -0.3 is 15.0 Å². The molecule has 1 atom stereocenters. The number of amides is 1. The van der Waals surface area contributed by atoms with Crippen LogP contribution in [0.4, 0.5) is 21.5 Å². The number of anilines is 3. The predicted octanol–water partition coefficient (Wildman–Crippen LogP) is 4.10. The molecular formula is C24H24FN3O4S. The maximum absolute atomic E-state index is 13.8. The summed E-state index contributed by atoms with van der Waals surface area (Å²) >= 11 is 0. The SMILES string of the molecule is COC1CCN(c2ccc(NC(=O)c3ccc(NS(=O)(=O)c4ccccc4F)cc3)cc2)C1. The van der Waals surface area contributed by atoms with E-state index in [4.69, 9.17) is 4.74 Å². The summed E-state index contributed by atoms with van der Waals surface area (Å²) in [5.41, 5.74) is 2.30. The van der Waals surface area contributed by atoms with Crippen molar-refractivity contribution in [2.45, 2.75) is 17.4 Å². The zero-order valence-corrected chi connectivity index (χ0v) is 18.8. The second-order valence-electron chi connectivity index (χ2n) is 7.71. The summed E-state index contributed by atoms with van der Waals surface area (Å²) in [7, 11) is -2.36. The van der Waals surface area contributed by atoms with Crippen LogP contribution in [-0.2, 0) is 14.8 Å². The Hall–Kier alpha value is -3.43. The fraction of sp³-hybridized carbons (Fsp3) is 0.208. The van der Waals surface area contributed by atoms with Crippen molar-refractivity contribution >= 4 is 33.0 Å². The Kier molecular flexibility index (Phi) is 6.62. The molecule has 7 nitrogen and oxygen atoms in total. The van der Waals surface area contributed by atoms with Gasteiger partial charge in [0.15, 0.2) is 0 Å². The van der Waals surface area contributed by atoms with Crippen LogP contribution in [0, 0.1) is 5.82 Å². The van der Waals surface area contributed by atoms with Gasteiger partial charge in [-0.1, -0.05) is 12.1 Å². The first kappa shape index (κ1) is 22.8. The number of nitrogens with zero attached hydrogens (tertiary/aromatic N) is 1. The molecule has 0 spiro atoms. The maximum Gasteiger partial charge on any atom is 0.264 e. The molecule has 33 heavy (non-hydrogen) atoms. The van der Waals surface area contributed by atoms with Crippen LogP contribution in [0.3, 0.4) is 0 Å². The van der Waals surface area contributed by atoms with Crippen molar-refractivity contribution < 1.29 is 22.3 Å². The van der Waals surface area contributed by atoms with Gasteiger partial charge in [0.25, 0.3) is 15.9 Å². The highest BCUT2D eigenvalue weighted by atomic mass is 32.2. The van der Waals surface area contributed by atoms with Crippen LogP contribution in [0.1, 0.15) is 16.8 Å². The van der Waals surface area contributed by atoms with E-state index in [2.05, 4.69) is 14.9 Å². The zero-order valence-electron chi connectivity index (χ0n) is 18.0. The number of hydrogen-bond acceptors (Lipinski definition) is 5. The van der Waals surface area contributed by atoms with E-state index in [1.54, 1.807) is 7.11 Å². The number of carbonyl (C=O) groups is 1.